The number of phosphoric ester groups is 1. The third kappa shape index (κ3) is 58.0. The Balaban J connectivity index is 4.10. The Labute approximate surface area is 454 Å². The Morgan fingerprint density at radius 2 is 0.836 bits per heavy atom. The molecule has 0 rings (SSSR count). The Morgan fingerprint density at radius 1 is 0.493 bits per heavy atom. The van der Waals surface area contributed by atoms with Gasteiger partial charge in [0.2, 0.25) is 5.91 Å². The topological polar surface area (TPSA) is 108 Å². The number of carbonyl (C=O) groups is 1. The standard InChI is InChI=1S/C64H123N2O6P/c1-6-8-10-12-14-16-18-20-22-24-26-28-30-32-33-34-36-38-40-42-44-46-48-50-52-54-56-58-64(68)65-62(61-72-73(69,70)71-60-59-66(3,4)5)63(67)57-55-53-51-49-47-45-43-41-39-37-35-31-29-27-25-23-21-19-17-15-13-11-9-7-2/h8,10,14,16,20,22,26,28,62-63,67H,6-7,9,11-13,15,17-19,21,23-25,27,29-61H2,1-5H3,(H-,65,68,69,70)/b10-8-,16-14-,22-20-,28-26-. The number of aliphatic hydroxyl groups excluding tert-OH is 1. The Hall–Kier alpha value is -1.54. The van der Waals surface area contributed by atoms with Gasteiger partial charge in [-0.1, -0.05) is 294 Å². The van der Waals surface area contributed by atoms with Gasteiger partial charge in [0.25, 0.3) is 7.82 Å². The van der Waals surface area contributed by atoms with Crippen LogP contribution >= 0.6 is 7.82 Å². The molecule has 0 aliphatic heterocycles. The monoisotopic (exact) mass is 1050 g/mol. The molecule has 9 heteroatoms. The fraction of sp³-hybridized carbons (Fsp3) is 0.859. The Kier molecular flexibility index (Phi) is 54.1. The number of carbonyl (C=O) groups excluding carboxylic acids is 1. The fourth-order valence-corrected chi connectivity index (χ4v) is 10.2. The molecule has 0 fully saturated rings. The molecule has 8 nitrogen and oxygen atoms in total. The van der Waals surface area contributed by atoms with E-state index in [1.54, 1.807) is 0 Å². The van der Waals surface area contributed by atoms with E-state index in [0.717, 1.165) is 64.2 Å². The van der Waals surface area contributed by atoms with Gasteiger partial charge < -0.3 is 28.8 Å². The molecule has 1 amide bonds. The zero-order chi connectivity index (χ0) is 53.5. The lowest BCUT2D eigenvalue weighted by Crippen LogP contribution is -2.46. The van der Waals surface area contributed by atoms with Gasteiger partial charge in [0.1, 0.15) is 13.2 Å². The molecule has 0 aromatic rings. The average molecular weight is 1050 g/mol. The number of rotatable bonds is 58. The van der Waals surface area contributed by atoms with Crippen LogP contribution in [0.1, 0.15) is 303 Å². The number of hydrogen-bond donors (Lipinski definition) is 2. The highest BCUT2D eigenvalue weighted by atomic mass is 31.2. The first-order valence-corrected chi connectivity index (χ1v) is 32.9. The molecule has 0 radical (unpaired) electrons. The maximum Gasteiger partial charge on any atom is 0.268 e. The zero-order valence-electron chi connectivity index (χ0n) is 49.1. The van der Waals surface area contributed by atoms with E-state index in [9.17, 15) is 19.4 Å². The third-order valence-electron chi connectivity index (χ3n) is 14.3. The van der Waals surface area contributed by atoms with Crippen LogP contribution in [0.15, 0.2) is 48.6 Å². The molecule has 0 spiro atoms. The lowest BCUT2D eigenvalue weighted by atomic mass is 10.0. The number of quaternary nitrogens is 1. The summed E-state index contributed by atoms with van der Waals surface area (Å²) in [5, 5.41) is 14.1. The van der Waals surface area contributed by atoms with Crippen molar-refractivity contribution in [3.05, 3.63) is 48.6 Å². The number of nitrogens with zero attached hydrogens (tertiary/aromatic N) is 1. The normalized spacial score (nSPS) is 14.1. The van der Waals surface area contributed by atoms with Crippen LogP contribution in [-0.4, -0.2) is 68.5 Å². The quantitative estimate of drug-likeness (QED) is 0.0272. The van der Waals surface area contributed by atoms with Gasteiger partial charge in [-0.05, 0) is 51.4 Å². The van der Waals surface area contributed by atoms with Crippen molar-refractivity contribution >= 4 is 13.7 Å². The van der Waals surface area contributed by atoms with Crippen molar-refractivity contribution in [3.63, 3.8) is 0 Å². The van der Waals surface area contributed by atoms with Crippen LogP contribution in [0.25, 0.3) is 0 Å². The Morgan fingerprint density at radius 3 is 1.22 bits per heavy atom. The second kappa shape index (κ2) is 55.2. The molecule has 3 unspecified atom stereocenters. The highest BCUT2D eigenvalue weighted by molar-refractivity contribution is 7.45. The summed E-state index contributed by atoms with van der Waals surface area (Å²) in [4.78, 5) is 25.6. The first-order valence-electron chi connectivity index (χ1n) is 31.5. The molecule has 430 valence electrons. The highest BCUT2D eigenvalue weighted by Crippen LogP contribution is 2.38. The minimum absolute atomic E-state index is 0.0123. The van der Waals surface area contributed by atoms with E-state index in [2.05, 4.69) is 67.8 Å². The van der Waals surface area contributed by atoms with Crippen LogP contribution in [0.2, 0.25) is 0 Å². The Bertz CT molecular complexity index is 1330. The van der Waals surface area contributed by atoms with Crippen molar-refractivity contribution in [1.29, 1.82) is 0 Å². The summed E-state index contributed by atoms with van der Waals surface area (Å²) in [7, 11) is 1.31. The molecule has 0 saturated carbocycles. The van der Waals surface area contributed by atoms with E-state index in [4.69, 9.17) is 9.05 Å². The zero-order valence-corrected chi connectivity index (χ0v) is 50.0. The number of likely N-dealkylation sites (N-methyl/N-ethyl adjacent to an activating group) is 1. The number of aliphatic hydroxyl groups is 1. The lowest BCUT2D eigenvalue weighted by Gasteiger charge is -2.30. The number of unbranched alkanes of at least 4 members (excludes halogenated alkanes) is 37. The largest absolute Gasteiger partial charge is 0.756 e. The van der Waals surface area contributed by atoms with E-state index in [1.165, 1.54) is 212 Å². The predicted octanol–water partition coefficient (Wildman–Crippen LogP) is 18.9. The fourth-order valence-electron chi connectivity index (χ4n) is 9.45. The molecular formula is C64H123N2O6P. The minimum Gasteiger partial charge on any atom is -0.756 e. The maximum atomic E-state index is 13.0. The summed E-state index contributed by atoms with van der Waals surface area (Å²) in [6, 6.07) is -0.803. The molecule has 3 atom stereocenters. The summed E-state index contributed by atoms with van der Waals surface area (Å²) in [5.74, 6) is -0.162. The SMILES string of the molecule is CC/C=C\C/C=C\C/C=C\C/C=C\CCCCCCCCCCCCCCCCC(=O)NC(COP(=O)([O-])OCC[N+](C)(C)C)C(O)CCCCCCCCCCCCCCCCCCCCCCCCCC. The third-order valence-corrected chi connectivity index (χ3v) is 15.3. The number of allylic oxidation sites excluding steroid dienone is 8. The first kappa shape index (κ1) is 71.5. The number of hydrogen-bond acceptors (Lipinski definition) is 6. The molecule has 0 saturated heterocycles. The molecule has 73 heavy (non-hydrogen) atoms. The van der Waals surface area contributed by atoms with Crippen LogP contribution in [0.4, 0.5) is 0 Å². The van der Waals surface area contributed by atoms with Crippen molar-refractivity contribution in [2.45, 2.75) is 315 Å². The van der Waals surface area contributed by atoms with Gasteiger partial charge in [0.15, 0.2) is 0 Å². The van der Waals surface area contributed by atoms with Crippen LogP contribution < -0.4 is 10.2 Å². The van der Waals surface area contributed by atoms with Gasteiger partial charge in [-0.25, -0.2) is 0 Å². The number of phosphoric acid groups is 1. The number of nitrogens with one attached hydrogen (secondary N) is 1. The van der Waals surface area contributed by atoms with Crippen LogP contribution in [0, 0.1) is 0 Å². The van der Waals surface area contributed by atoms with Crippen molar-refractivity contribution in [1.82, 2.24) is 5.32 Å². The molecule has 0 aromatic carbocycles. The van der Waals surface area contributed by atoms with Gasteiger partial charge in [0, 0.05) is 6.42 Å². The van der Waals surface area contributed by atoms with Crippen LogP contribution in [-0.2, 0) is 18.4 Å². The highest BCUT2D eigenvalue weighted by Gasteiger charge is 2.24. The molecule has 2 N–H and O–H groups in total. The molecule has 0 aromatic heterocycles. The van der Waals surface area contributed by atoms with Crippen molar-refractivity contribution in [2.24, 2.45) is 0 Å². The minimum atomic E-state index is -4.58. The van der Waals surface area contributed by atoms with Gasteiger partial charge in [0.05, 0.1) is 39.9 Å². The lowest BCUT2D eigenvalue weighted by molar-refractivity contribution is -0.870. The van der Waals surface area contributed by atoms with E-state index in [1.807, 2.05) is 21.1 Å². The van der Waals surface area contributed by atoms with E-state index >= 15 is 0 Å². The smallest absolute Gasteiger partial charge is 0.268 e. The predicted molar refractivity (Wildman–Crippen MR) is 316 cm³/mol. The van der Waals surface area contributed by atoms with Crippen LogP contribution in [0.5, 0.6) is 0 Å². The van der Waals surface area contributed by atoms with E-state index in [0.29, 0.717) is 23.9 Å². The molecule has 0 aliphatic carbocycles. The second-order valence-corrected chi connectivity index (χ2v) is 24.2. The summed E-state index contributed by atoms with van der Waals surface area (Å²) < 4.78 is 23.5. The van der Waals surface area contributed by atoms with Gasteiger partial charge in [-0.2, -0.15) is 0 Å². The molecule has 0 aliphatic rings. The summed E-state index contributed by atoms with van der Waals surface area (Å²) in [6.07, 6.45) is 73.0. The van der Waals surface area contributed by atoms with E-state index in [-0.39, 0.29) is 19.1 Å². The number of amides is 1. The van der Waals surface area contributed by atoms with Crippen molar-refractivity contribution in [2.75, 3.05) is 40.9 Å². The molecule has 0 bridgehead atoms. The molecular weight excluding hydrogens is 924 g/mol. The van der Waals surface area contributed by atoms with Gasteiger partial charge >= 0.3 is 0 Å². The van der Waals surface area contributed by atoms with Crippen molar-refractivity contribution in [3.8, 4) is 0 Å². The first-order chi connectivity index (χ1) is 35.5. The van der Waals surface area contributed by atoms with Crippen LogP contribution in [0.3, 0.4) is 0 Å². The van der Waals surface area contributed by atoms with Gasteiger partial charge in [-0.3, -0.25) is 9.36 Å². The van der Waals surface area contributed by atoms with Crippen molar-refractivity contribution < 1.29 is 32.9 Å². The summed E-state index contributed by atoms with van der Waals surface area (Å²) >= 11 is 0. The average Bonchev–Trinajstić information content (AvgIpc) is 3.35. The maximum absolute atomic E-state index is 13.0. The van der Waals surface area contributed by atoms with Gasteiger partial charge in [-0.15, -0.1) is 0 Å². The van der Waals surface area contributed by atoms with E-state index < -0.39 is 20.0 Å². The summed E-state index contributed by atoms with van der Waals surface area (Å²) in [6.45, 7) is 4.65. The second-order valence-electron chi connectivity index (χ2n) is 22.7. The summed E-state index contributed by atoms with van der Waals surface area (Å²) in [5.41, 5.74) is 0. The molecule has 0 heterocycles.